The van der Waals surface area contributed by atoms with E-state index in [1.54, 1.807) is 0 Å². The molecule has 1 aliphatic rings. The molecular formula is C13H24N4OS. The average Bonchev–Trinajstić information content (AvgIpc) is 2.85. The van der Waals surface area contributed by atoms with Gasteiger partial charge in [-0.15, -0.1) is 0 Å². The molecule has 19 heavy (non-hydrogen) atoms. The van der Waals surface area contributed by atoms with Crippen molar-refractivity contribution >= 4 is 16.7 Å². The first-order chi connectivity index (χ1) is 9.05. The molecule has 0 spiro atoms. The van der Waals surface area contributed by atoms with E-state index in [4.69, 9.17) is 4.74 Å². The van der Waals surface area contributed by atoms with Crippen LogP contribution in [0, 0.1) is 0 Å². The first-order valence-electron chi connectivity index (χ1n) is 6.94. The number of nitrogens with one attached hydrogen (secondary N) is 1. The molecule has 0 atom stereocenters. The molecule has 0 amide bonds. The monoisotopic (exact) mass is 284 g/mol. The maximum Gasteiger partial charge on any atom is 0.202 e. The highest BCUT2D eigenvalue weighted by Crippen LogP contribution is 2.22. The van der Waals surface area contributed by atoms with Crippen LogP contribution in [0.15, 0.2) is 0 Å². The third-order valence-corrected chi connectivity index (χ3v) is 3.80. The molecule has 0 saturated carbocycles. The number of morpholine rings is 1. The van der Waals surface area contributed by atoms with Gasteiger partial charge in [-0.1, -0.05) is 20.8 Å². The largest absolute Gasteiger partial charge is 0.379 e. The fraction of sp³-hybridized carbons (Fsp3) is 0.846. The molecule has 0 aliphatic carbocycles. The van der Waals surface area contributed by atoms with Crippen LogP contribution in [0.25, 0.3) is 0 Å². The van der Waals surface area contributed by atoms with Gasteiger partial charge in [0.1, 0.15) is 5.82 Å². The molecule has 0 radical (unpaired) electrons. The SMILES string of the molecule is CC(C)(C)c1nsc(NCCCN2CCOCC2)n1. The predicted molar refractivity (Wildman–Crippen MR) is 79.0 cm³/mol. The van der Waals surface area contributed by atoms with Gasteiger partial charge in [-0.3, -0.25) is 4.90 Å². The van der Waals surface area contributed by atoms with E-state index in [0.29, 0.717) is 0 Å². The lowest BCUT2D eigenvalue weighted by atomic mass is 9.96. The van der Waals surface area contributed by atoms with Gasteiger partial charge in [0.25, 0.3) is 0 Å². The number of nitrogens with zero attached hydrogens (tertiary/aromatic N) is 3. The van der Waals surface area contributed by atoms with Crippen LogP contribution in [0.3, 0.4) is 0 Å². The van der Waals surface area contributed by atoms with Crippen molar-refractivity contribution in [2.75, 3.05) is 44.7 Å². The summed E-state index contributed by atoms with van der Waals surface area (Å²) in [6.45, 7) is 12.4. The first kappa shape index (κ1) is 14.7. The second-order valence-corrected chi connectivity index (χ2v) is 6.66. The summed E-state index contributed by atoms with van der Waals surface area (Å²) >= 11 is 1.46. The van der Waals surface area contributed by atoms with E-state index >= 15 is 0 Å². The third-order valence-electron chi connectivity index (χ3n) is 3.13. The molecule has 2 rings (SSSR count). The summed E-state index contributed by atoms with van der Waals surface area (Å²) in [6.07, 6.45) is 1.13. The number of hydrogen-bond acceptors (Lipinski definition) is 6. The molecule has 1 saturated heterocycles. The molecule has 1 aliphatic heterocycles. The van der Waals surface area contributed by atoms with Gasteiger partial charge in [-0.25, -0.2) is 4.98 Å². The van der Waals surface area contributed by atoms with E-state index in [1.807, 2.05) is 0 Å². The number of aromatic nitrogens is 2. The van der Waals surface area contributed by atoms with Crippen LogP contribution in [-0.4, -0.2) is 53.7 Å². The second-order valence-electron chi connectivity index (χ2n) is 5.91. The van der Waals surface area contributed by atoms with E-state index in [0.717, 1.165) is 56.8 Å². The van der Waals surface area contributed by atoms with E-state index in [9.17, 15) is 0 Å². The maximum atomic E-state index is 5.34. The van der Waals surface area contributed by atoms with Crippen molar-refractivity contribution in [3.8, 4) is 0 Å². The highest BCUT2D eigenvalue weighted by molar-refractivity contribution is 7.09. The van der Waals surface area contributed by atoms with Gasteiger partial charge in [-0.2, -0.15) is 4.37 Å². The molecule has 1 fully saturated rings. The van der Waals surface area contributed by atoms with Gasteiger partial charge in [0.15, 0.2) is 0 Å². The Morgan fingerprint density at radius 3 is 2.68 bits per heavy atom. The van der Waals surface area contributed by atoms with E-state index < -0.39 is 0 Å². The standard InChI is InChI=1S/C13H24N4OS/c1-13(2,3)11-15-12(19-16-11)14-5-4-6-17-7-9-18-10-8-17/h4-10H2,1-3H3,(H,14,15,16). The fourth-order valence-electron chi connectivity index (χ4n) is 1.92. The molecule has 108 valence electrons. The Kier molecular flexibility index (Phi) is 5.13. The molecule has 2 heterocycles. The Bertz CT molecular complexity index is 382. The van der Waals surface area contributed by atoms with Crippen molar-refractivity contribution in [3.05, 3.63) is 5.82 Å². The predicted octanol–water partition coefficient (Wildman–Crippen LogP) is 1.97. The molecule has 1 aromatic heterocycles. The van der Waals surface area contributed by atoms with Crippen LogP contribution < -0.4 is 5.32 Å². The van der Waals surface area contributed by atoms with E-state index in [-0.39, 0.29) is 5.41 Å². The van der Waals surface area contributed by atoms with Crippen molar-refractivity contribution in [2.45, 2.75) is 32.6 Å². The Labute approximate surface area is 119 Å². The normalized spacial score (nSPS) is 17.6. The zero-order valence-electron chi connectivity index (χ0n) is 12.1. The highest BCUT2D eigenvalue weighted by atomic mass is 32.1. The van der Waals surface area contributed by atoms with Crippen LogP contribution in [0.2, 0.25) is 0 Å². The van der Waals surface area contributed by atoms with Gasteiger partial charge < -0.3 is 10.1 Å². The Morgan fingerprint density at radius 2 is 2.05 bits per heavy atom. The highest BCUT2D eigenvalue weighted by Gasteiger charge is 2.19. The molecule has 0 bridgehead atoms. The molecular weight excluding hydrogens is 260 g/mol. The molecule has 0 unspecified atom stereocenters. The summed E-state index contributed by atoms with van der Waals surface area (Å²) < 4.78 is 9.73. The van der Waals surface area contributed by atoms with Crippen LogP contribution in [0.4, 0.5) is 5.13 Å². The quantitative estimate of drug-likeness (QED) is 0.838. The second kappa shape index (κ2) is 6.63. The Balaban J connectivity index is 1.66. The molecule has 0 aromatic carbocycles. The topological polar surface area (TPSA) is 50.3 Å². The summed E-state index contributed by atoms with van der Waals surface area (Å²) in [5.41, 5.74) is 0.0320. The molecule has 5 nitrogen and oxygen atoms in total. The molecule has 6 heteroatoms. The fourth-order valence-corrected chi connectivity index (χ4v) is 2.70. The Hall–Kier alpha value is -0.720. The van der Waals surface area contributed by atoms with Crippen LogP contribution >= 0.6 is 11.5 Å². The van der Waals surface area contributed by atoms with Crippen LogP contribution in [0.1, 0.15) is 33.0 Å². The molecule has 1 aromatic rings. The average molecular weight is 284 g/mol. The summed E-state index contributed by atoms with van der Waals surface area (Å²) in [7, 11) is 0. The summed E-state index contributed by atoms with van der Waals surface area (Å²) in [5.74, 6) is 0.924. The van der Waals surface area contributed by atoms with Crippen molar-refractivity contribution < 1.29 is 4.74 Å². The zero-order chi connectivity index (χ0) is 13.7. The van der Waals surface area contributed by atoms with Gasteiger partial charge in [0.05, 0.1) is 13.2 Å². The first-order valence-corrected chi connectivity index (χ1v) is 7.71. The number of hydrogen-bond donors (Lipinski definition) is 1. The number of rotatable bonds is 5. The van der Waals surface area contributed by atoms with Gasteiger partial charge in [0, 0.05) is 36.6 Å². The number of ether oxygens (including phenoxy) is 1. The lowest BCUT2D eigenvalue weighted by molar-refractivity contribution is 0.0378. The number of anilines is 1. The van der Waals surface area contributed by atoms with Crippen molar-refractivity contribution in [1.29, 1.82) is 0 Å². The van der Waals surface area contributed by atoms with E-state index in [2.05, 4.69) is 40.3 Å². The van der Waals surface area contributed by atoms with Gasteiger partial charge >= 0.3 is 0 Å². The summed E-state index contributed by atoms with van der Waals surface area (Å²) in [4.78, 5) is 6.98. The third kappa shape index (κ3) is 4.71. The zero-order valence-corrected chi connectivity index (χ0v) is 12.9. The van der Waals surface area contributed by atoms with Gasteiger partial charge in [0.2, 0.25) is 5.13 Å². The maximum absolute atomic E-state index is 5.34. The smallest absolute Gasteiger partial charge is 0.202 e. The lowest BCUT2D eigenvalue weighted by Crippen LogP contribution is -2.37. The lowest BCUT2D eigenvalue weighted by Gasteiger charge is -2.26. The van der Waals surface area contributed by atoms with Crippen LogP contribution in [0.5, 0.6) is 0 Å². The van der Waals surface area contributed by atoms with Crippen molar-refractivity contribution in [2.24, 2.45) is 0 Å². The van der Waals surface area contributed by atoms with E-state index in [1.165, 1.54) is 11.5 Å². The van der Waals surface area contributed by atoms with Crippen molar-refractivity contribution in [3.63, 3.8) is 0 Å². The van der Waals surface area contributed by atoms with Gasteiger partial charge in [-0.05, 0) is 13.0 Å². The molecule has 1 N–H and O–H groups in total. The minimum atomic E-state index is 0.0320. The minimum Gasteiger partial charge on any atom is -0.379 e. The minimum absolute atomic E-state index is 0.0320. The summed E-state index contributed by atoms with van der Waals surface area (Å²) in [6, 6.07) is 0. The van der Waals surface area contributed by atoms with Crippen molar-refractivity contribution in [1.82, 2.24) is 14.3 Å². The Morgan fingerprint density at radius 1 is 1.32 bits per heavy atom. The van der Waals surface area contributed by atoms with Crippen LogP contribution in [-0.2, 0) is 10.2 Å². The summed E-state index contributed by atoms with van der Waals surface area (Å²) in [5, 5.41) is 4.30.